The molecule has 0 aliphatic carbocycles. The number of para-hydroxylation sites is 1. The monoisotopic (exact) mass is 243 g/mol. The van der Waals surface area contributed by atoms with Crippen molar-refractivity contribution >= 4 is 6.29 Å². The van der Waals surface area contributed by atoms with Crippen molar-refractivity contribution in [2.24, 2.45) is 0 Å². The smallest absolute Gasteiger partial charge is 0.166 e. The maximum atomic E-state index is 10.8. The summed E-state index contributed by atoms with van der Waals surface area (Å²) in [5.74, 6) is 0.930. The molecule has 0 bridgehead atoms. The lowest BCUT2D eigenvalue weighted by molar-refractivity contribution is 0.111. The highest BCUT2D eigenvalue weighted by Crippen LogP contribution is 2.18. The van der Waals surface area contributed by atoms with Crippen molar-refractivity contribution in [1.29, 1.82) is 0 Å². The first kappa shape index (κ1) is 12.4. The molecule has 1 heterocycles. The number of benzene rings is 1. The summed E-state index contributed by atoms with van der Waals surface area (Å²) in [6.45, 7) is 3.35. The maximum absolute atomic E-state index is 10.8. The molecule has 0 radical (unpaired) electrons. The second-order valence-electron chi connectivity index (χ2n) is 4.05. The molecule has 0 spiro atoms. The Morgan fingerprint density at radius 2 is 2.06 bits per heavy atom. The lowest BCUT2D eigenvalue weighted by atomic mass is 10.1. The van der Waals surface area contributed by atoms with E-state index in [4.69, 9.17) is 4.74 Å². The molecule has 0 atom stereocenters. The van der Waals surface area contributed by atoms with E-state index < -0.39 is 0 Å². The summed E-state index contributed by atoms with van der Waals surface area (Å²) in [4.78, 5) is 10.8. The summed E-state index contributed by atoms with van der Waals surface area (Å²) in [5, 5.41) is 0. The molecule has 0 saturated heterocycles. The van der Waals surface area contributed by atoms with Crippen LogP contribution in [0, 0.1) is 0 Å². The van der Waals surface area contributed by atoms with E-state index in [-0.39, 0.29) is 0 Å². The molecule has 0 aliphatic heterocycles. The van der Waals surface area contributed by atoms with Crippen LogP contribution in [0.4, 0.5) is 0 Å². The van der Waals surface area contributed by atoms with Crippen molar-refractivity contribution in [2.45, 2.75) is 19.9 Å². The quantitative estimate of drug-likeness (QED) is 0.730. The van der Waals surface area contributed by atoms with Crippen LogP contribution < -0.4 is 4.74 Å². The molecule has 0 N–H and O–H groups in total. The Morgan fingerprint density at radius 3 is 2.83 bits per heavy atom. The molecule has 2 aromatic rings. The van der Waals surface area contributed by atoms with Crippen molar-refractivity contribution in [3.8, 4) is 5.75 Å². The zero-order valence-electron chi connectivity index (χ0n) is 10.5. The molecule has 3 heteroatoms. The lowest BCUT2D eigenvalue weighted by Crippen LogP contribution is -2.10. The molecule has 3 nitrogen and oxygen atoms in total. The number of hydrogen-bond acceptors (Lipinski definition) is 2. The Balaban J connectivity index is 1.94. The molecule has 1 aromatic carbocycles. The first-order valence-corrected chi connectivity index (χ1v) is 6.16. The molecule has 18 heavy (non-hydrogen) atoms. The van der Waals surface area contributed by atoms with Crippen molar-refractivity contribution in [1.82, 2.24) is 4.57 Å². The zero-order valence-corrected chi connectivity index (χ0v) is 10.5. The first-order chi connectivity index (χ1) is 8.85. The van der Waals surface area contributed by atoms with E-state index in [2.05, 4.69) is 13.0 Å². The molecule has 0 amide bonds. The Hall–Kier alpha value is -2.03. The molecule has 0 unspecified atom stereocenters. The summed E-state index contributed by atoms with van der Waals surface area (Å²) in [5.41, 5.74) is 1.89. The summed E-state index contributed by atoms with van der Waals surface area (Å²) < 4.78 is 7.65. The van der Waals surface area contributed by atoms with Crippen molar-refractivity contribution in [3.05, 3.63) is 53.9 Å². The fourth-order valence-electron chi connectivity index (χ4n) is 1.93. The number of aldehydes is 1. The number of hydrogen-bond donors (Lipinski definition) is 0. The predicted molar refractivity (Wildman–Crippen MR) is 71.1 cm³/mol. The van der Waals surface area contributed by atoms with Crippen molar-refractivity contribution in [2.75, 3.05) is 6.61 Å². The van der Waals surface area contributed by atoms with Crippen LogP contribution in [0.25, 0.3) is 0 Å². The standard InChI is InChI=1S/C15H17NO2/c1-2-13-6-3-4-8-15(13)18-11-10-16-9-5-7-14(16)12-17/h3-9,12H,2,10-11H2,1H3. The van der Waals surface area contributed by atoms with Crippen LogP contribution in [0.5, 0.6) is 5.75 Å². The summed E-state index contributed by atoms with van der Waals surface area (Å²) in [7, 11) is 0. The molecular weight excluding hydrogens is 226 g/mol. The van der Waals surface area contributed by atoms with E-state index in [1.165, 1.54) is 5.56 Å². The van der Waals surface area contributed by atoms with E-state index in [1.807, 2.05) is 35.0 Å². The van der Waals surface area contributed by atoms with Gasteiger partial charge in [0.15, 0.2) is 6.29 Å². The SMILES string of the molecule is CCc1ccccc1OCCn1cccc1C=O. The number of aromatic nitrogens is 1. The second kappa shape index (κ2) is 6.05. The molecule has 0 fully saturated rings. The van der Waals surface area contributed by atoms with E-state index in [9.17, 15) is 4.79 Å². The Morgan fingerprint density at radius 1 is 1.22 bits per heavy atom. The average Bonchev–Trinajstić information content (AvgIpc) is 2.87. The molecule has 0 saturated carbocycles. The number of carbonyl (C=O) groups excluding carboxylic acids is 1. The average molecular weight is 243 g/mol. The minimum Gasteiger partial charge on any atom is -0.491 e. The van der Waals surface area contributed by atoms with E-state index >= 15 is 0 Å². The van der Waals surface area contributed by atoms with Gasteiger partial charge in [-0.05, 0) is 30.2 Å². The van der Waals surface area contributed by atoms with Crippen LogP contribution >= 0.6 is 0 Å². The summed E-state index contributed by atoms with van der Waals surface area (Å²) in [6, 6.07) is 11.7. The highest BCUT2D eigenvalue weighted by molar-refractivity contribution is 5.72. The van der Waals surface area contributed by atoms with Crippen LogP contribution in [0.3, 0.4) is 0 Å². The topological polar surface area (TPSA) is 31.2 Å². The highest BCUT2D eigenvalue weighted by Gasteiger charge is 2.02. The Kier molecular flexibility index (Phi) is 4.18. The number of aryl methyl sites for hydroxylation is 1. The van der Waals surface area contributed by atoms with Crippen LogP contribution in [0.15, 0.2) is 42.6 Å². The van der Waals surface area contributed by atoms with E-state index in [0.717, 1.165) is 18.5 Å². The van der Waals surface area contributed by atoms with Gasteiger partial charge in [0.1, 0.15) is 12.4 Å². The maximum Gasteiger partial charge on any atom is 0.166 e. The van der Waals surface area contributed by atoms with Gasteiger partial charge in [-0.15, -0.1) is 0 Å². The zero-order chi connectivity index (χ0) is 12.8. The third-order valence-corrected chi connectivity index (χ3v) is 2.93. The van der Waals surface area contributed by atoms with Crippen LogP contribution in [-0.4, -0.2) is 17.5 Å². The van der Waals surface area contributed by atoms with Crippen LogP contribution in [0.1, 0.15) is 23.0 Å². The van der Waals surface area contributed by atoms with E-state index in [0.29, 0.717) is 18.8 Å². The number of rotatable bonds is 6. The molecular formula is C15H17NO2. The van der Waals surface area contributed by atoms with E-state index in [1.54, 1.807) is 6.07 Å². The highest BCUT2D eigenvalue weighted by atomic mass is 16.5. The van der Waals surface area contributed by atoms with Gasteiger partial charge in [-0.25, -0.2) is 0 Å². The summed E-state index contributed by atoms with van der Waals surface area (Å²) in [6.07, 6.45) is 3.71. The Bertz CT molecular complexity index is 517. The predicted octanol–water partition coefficient (Wildman–Crippen LogP) is 2.94. The fraction of sp³-hybridized carbons (Fsp3) is 0.267. The third-order valence-electron chi connectivity index (χ3n) is 2.93. The number of carbonyl (C=O) groups is 1. The third kappa shape index (κ3) is 2.80. The molecule has 0 aliphatic rings. The summed E-state index contributed by atoms with van der Waals surface area (Å²) >= 11 is 0. The van der Waals surface area contributed by atoms with Gasteiger partial charge >= 0.3 is 0 Å². The Labute approximate surface area is 107 Å². The van der Waals surface area contributed by atoms with Gasteiger partial charge in [0.2, 0.25) is 0 Å². The molecule has 2 rings (SSSR count). The van der Waals surface area contributed by atoms with Crippen molar-refractivity contribution < 1.29 is 9.53 Å². The largest absolute Gasteiger partial charge is 0.491 e. The normalized spacial score (nSPS) is 10.3. The van der Waals surface area contributed by atoms with Gasteiger partial charge in [-0.3, -0.25) is 4.79 Å². The molecule has 94 valence electrons. The van der Waals surface area contributed by atoms with Crippen molar-refractivity contribution in [3.63, 3.8) is 0 Å². The second-order valence-corrected chi connectivity index (χ2v) is 4.05. The first-order valence-electron chi connectivity index (χ1n) is 6.16. The van der Waals surface area contributed by atoms with Crippen LogP contribution in [0.2, 0.25) is 0 Å². The number of nitrogens with zero attached hydrogens (tertiary/aromatic N) is 1. The van der Waals surface area contributed by atoms with Gasteiger partial charge in [0, 0.05) is 6.20 Å². The minimum atomic E-state index is 0.562. The minimum absolute atomic E-state index is 0.562. The molecule has 1 aromatic heterocycles. The van der Waals surface area contributed by atoms with Gasteiger partial charge in [-0.1, -0.05) is 25.1 Å². The fourth-order valence-corrected chi connectivity index (χ4v) is 1.93. The van der Waals surface area contributed by atoms with Gasteiger partial charge < -0.3 is 9.30 Å². The van der Waals surface area contributed by atoms with Gasteiger partial charge in [-0.2, -0.15) is 0 Å². The van der Waals surface area contributed by atoms with Gasteiger partial charge in [0.05, 0.1) is 12.2 Å². The lowest BCUT2D eigenvalue weighted by Gasteiger charge is -2.11. The number of ether oxygens (including phenoxy) is 1. The van der Waals surface area contributed by atoms with Crippen LogP contribution in [-0.2, 0) is 13.0 Å². The van der Waals surface area contributed by atoms with Gasteiger partial charge in [0.25, 0.3) is 0 Å².